The van der Waals surface area contributed by atoms with Crippen molar-refractivity contribution in [1.29, 1.82) is 0 Å². The predicted octanol–water partition coefficient (Wildman–Crippen LogP) is 4.05. The van der Waals surface area contributed by atoms with Crippen LogP contribution in [0.3, 0.4) is 0 Å². The molecule has 1 heterocycles. The Kier molecular flexibility index (Phi) is 3.83. The molecule has 0 amide bonds. The summed E-state index contributed by atoms with van der Waals surface area (Å²) >= 11 is 0. The number of pyridine rings is 1. The van der Waals surface area contributed by atoms with Gasteiger partial charge in [0.1, 0.15) is 11.3 Å². The number of fused-ring (bicyclic) bond motifs is 1. The fourth-order valence-corrected chi connectivity index (χ4v) is 2.44. The van der Waals surface area contributed by atoms with E-state index in [1.54, 1.807) is 13.3 Å². The largest absolute Gasteiger partial charge is 0.494 e. The molecule has 0 aliphatic heterocycles. The minimum Gasteiger partial charge on any atom is -0.494 e. The van der Waals surface area contributed by atoms with Gasteiger partial charge in [0.15, 0.2) is 0 Å². The molecular formula is C18H19N3O. The third kappa shape index (κ3) is 2.68. The van der Waals surface area contributed by atoms with Crippen LogP contribution in [0.5, 0.6) is 5.75 Å². The number of hydrogen-bond acceptors (Lipinski definition) is 4. The van der Waals surface area contributed by atoms with Gasteiger partial charge < -0.3 is 15.0 Å². The Morgan fingerprint density at radius 2 is 1.86 bits per heavy atom. The normalized spacial score (nSPS) is 10.5. The van der Waals surface area contributed by atoms with Crippen LogP contribution >= 0.6 is 0 Å². The number of nitrogens with one attached hydrogen (secondary N) is 1. The molecule has 4 heteroatoms. The van der Waals surface area contributed by atoms with E-state index in [0.717, 1.165) is 33.7 Å². The second kappa shape index (κ2) is 5.93. The van der Waals surface area contributed by atoms with Crippen LogP contribution in [0.2, 0.25) is 0 Å². The van der Waals surface area contributed by atoms with Gasteiger partial charge >= 0.3 is 0 Å². The maximum Gasteiger partial charge on any atom is 0.145 e. The summed E-state index contributed by atoms with van der Waals surface area (Å²) in [6, 6.07) is 16.2. The molecule has 0 atom stereocenters. The van der Waals surface area contributed by atoms with Crippen LogP contribution in [0, 0.1) is 0 Å². The molecule has 0 radical (unpaired) electrons. The zero-order valence-corrected chi connectivity index (χ0v) is 13.0. The average molecular weight is 293 g/mol. The second-order valence-corrected chi connectivity index (χ2v) is 5.28. The highest BCUT2D eigenvalue weighted by Crippen LogP contribution is 2.31. The summed E-state index contributed by atoms with van der Waals surface area (Å²) in [5.41, 5.74) is 4.07. The number of benzene rings is 2. The summed E-state index contributed by atoms with van der Waals surface area (Å²) in [4.78, 5) is 6.51. The molecule has 112 valence electrons. The number of methoxy groups -OCH3 is 1. The fraction of sp³-hybridized carbons (Fsp3) is 0.167. The van der Waals surface area contributed by atoms with E-state index in [0.29, 0.717) is 0 Å². The minimum atomic E-state index is 0.781. The third-order valence-electron chi connectivity index (χ3n) is 3.60. The first kappa shape index (κ1) is 14.2. The molecule has 0 bridgehead atoms. The first-order valence-electron chi connectivity index (χ1n) is 7.15. The lowest BCUT2D eigenvalue weighted by molar-refractivity contribution is 0.419. The Bertz CT molecular complexity index is 799. The first-order chi connectivity index (χ1) is 10.7. The van der Waals surface area contributed by atoms with E-state index in [1.165, 1.54) is 0 Å². The summed E-state index contributed by atoms with van der Waals surface area (Å²) in [5.74, 6) is 0.781. The van der Waals surface area contributed by atoms with Crippen LogP contribution < -0.4 is 15.0 Å². The van der Waals surface area contributed by atoms with Crippen LogP contribution in [0.4, 0.5) is 17.1 Å². The second-order valence-electron chi connectivity index (χ2n) is 5.28. The molecular weight excluding hydrogens is 274 g/mol. The highest BCUT2D eigenvalue weighted by atomic mass is 16.5. The van der Waals surface area contributed by atoms with Gasteiger partial charge in [-0.25, -0.2) is 0 Å². The van der Waals surface area contributed by atoms with E-state index in [1.807, 2.05) is 44.4 Å². The summed E-state index contributed by atoms with van der Waals surface area (Å²) in [6.07, 6.45) is 1.79. The molecule has 0 fully saturated rings. The van der Waals surface area contributed by atoms with Gasteiger partial charge in [0.2, 0.25) is 0 Å². The smallest absolute Gasteiger partial charge is 0.145 e. The highest BCUT2D eigenvalue weighted by Gasteiger charge is 2.07. The molecule has 1 N–H and O–H groups in total. The van der Waals surface area contributed by atoms with Crippen molar-refractivity contribution < 1.29 is 4.74 Å². The summed E-state index contributed by atoms with van der Waals surface area (Å²) in [6.45, 7) is 0. The van der Waals surface area contributed by atoms with E-state index in [9.17, 15) is 0 Å². The lowest BCUT2D eigenvalue weighted by atomic mass is 10.1. The van der Waals surface area contributed by atoms with Gasteiger partial charge in [0, 0.05) is 42.7 Å². The van der Waals surface area contributed by atoms with Crippen molar-refractivity contribution in [3.8, 4) is 5.75 Å². The number of hydrogen-bond donors (Lipinski definition) is 1. The molecule has 0 saturated carbocycles. The molecule has 0 saturated heterocycles. The topological polar surface area (TPSA) is 37.4 Å². The van der Waals surface area contributed by atoms with Crippen molar-refractivity contribution in [2.24, 2.45) is 0 Å². The van der Waals surface area contributed by atoms with Gasteiger partial charge in [-0.3, -0.25) is 4.98 Å². The van der Waals surface area contributed by atoms with Gasteiger partial charge in [-0.05, 0) is 30.3 Å². The van der Waals surface area contributed by atoms with Gasteiger partial charge in [0.05, 0.1) is 7.11 Å². The Morgan fingerprint density at radius 3 is 2.64 bits per heavy atom. The van der Waals surface area contributed by atoms with Crippen molar-refractivity contribution in [2.75, 3.05) is 31.4 Å². The molecule has 0 aliphatic carbocycles. The number of ether oxygens (including phenoxy) is 1. The van der Waals surface area contributed by atoms with E-state index in [4.69, 9.17) is 4.74 Å². The Labute approximate surface area is 130 Å². The number of anilines is 3. The molecule has 1 aromatic heterocycles. The predicted molar refractivity (Wildman–Crippen MR) is 92.3 cm³/mol. The maximum absolute atomic E-state index is 5.39. The molecule has 3 rings (SSSR count). The summed E-state index contributed by atoms with van der Waals surface area (Å²) in [5, 5.41) is 4.51. The molecule has 0 unspecified atom stereocenters. The van der Waals surface area contributed by atoms with Crippen LogP contribution in [-0.4, -0.2) is 26.2 Å². The minimum absolute atomic E-state index is 0.781. The number of nitrogens with zero attached hydrogens (tertiary/aromatic N) is 2. The van der Waals surface area contributed by atoms with Gasteiger partial charge in [0.25, 0.3) is 0 Å². The van der Waals surface area contributed by atoms with Gasteiger partial charge in [-0.15, -0.1) is 0 Å². The standard InChI is InChI=1S/C18H19N3O/c1-21(2)14-7-4-6-13(12-14)20-16-10-11-19-18-15(16)8-5-9-17(18)22-3/h4-12H,1-3H3,(H,19,20). The van der Waals surface area contributed by atoms with Gasteiger partial charge in [-0.2, -0.15) is 0 Å². The van der Waals surface area contributed by atoms with E-state index in [2.05, 4.69) is 33.4 Å². The molecule has 0 aliphatic rings. The van der Waals surface area contributed by atoms with Crippen molar-refractivity contribution >= 4 is 28.0 Å². The third-order valence-corrected chi connectivity index (χ3v) is 3.60. The Hall–Kier alpha value is -2.75. The van der Waals surface area contributed by atoms with Crippen LogP contribution in [-0.2, 0) is 0 Å². The number of rotatable bonds is 4. The van der Waals surface area contributed by atoms with Crippen molar-refractivity contribution in [3.63, 3.8) is 0 Å². The van der Waals surface area contributed by atoms with E-state index < -0.39 is 0 Å². The molecule has 4 nitrogen and oxygen atoms in total. The zero-order chi connectivity index (χ0) is 15.5. The van der Waals surface area contributed by atoms with Crippen molar-refractivity contribution in [2.45, 2.75) is 0 Å². The van der Waals surface area contributed by atoms with Crippen molar-refractivity contribution in [1.82, 2.24) is 4.98 Å². The summed E-state index contributed by atoms with van der Waals surface area (Å²) < 4.78 is 5.39. The summed E-state index contributed by atoms with van der Waals surface area (Å²) in [7, 11) is 5.73. The fourth-order valence-electron chi connectivity index (χ4n) is 2.44. The monoisotopic (exact) mass is 293 g/mol. The van der Waals surface area contributed by atoms with E-state index >= 15 is 0 Å². The van der Waals surface area contributed by atoms with E-state index in [-0.39, 0.29) is 0 Å². The quantitative estimate of drug-likeness (QED) is 0.787. The van der Waals surface area contributed by atoms with Gasteiger partial charge in [-0.1, -0.05) is 18.2 Å². The Balaban J connectivity index is 2.02. The molecule has 3 aromatic rings. The van der Waals surface area contributed by atoms with Crippen molar-refractivity contribution in [3.05, 3.63) is 54.7 Å². The molecule has 22 heavy (non-hydrogen) atoms. The maximum atomic E-state index is 5.39. The SMILES string of the molecule is COc1cccc2c(Nc3cccc(N(C)C)c3)ccnc12. The lowest BCUT2D eigenvalue weighted by Crippen LogP contribution is -2.08. The Morgan fingerprint density at radius 1 is 1.05 bits per heavy atom. The average Bonchev–Trinajstić information content (AvgIpc) is 2.55. The van der Waals surface area contributed by atoms with Crippen LogP contribution in [0.25, 0.3) is 10.9 Å². The molecule has 2 aromatic carbocycles. The lowest BCUT2D eigenvalue weighted by Gasteiger charge is -2.15. The number of para-hydroxylation sites is 1. The van der Waals surface area contributed by atoms with Crippen LogP contribution in [0.15, 0.2) is 54.7 Å². The first-order valence-corrected chi connectivity index (χ1v) is 7.15. The van der Waals surface area contributed by atoms with Crippen LogP contribution in [0.1, 0.15) is 0 Å². The zero-order valence-electron chi connectivity index (χ0n) is 13.0. The number of aromatic nitrogens is 1. The highest BCUT2D eigenvalue weighted by molar-refractivity contribution is 5.96. The molecule has 0 spiro atoms.